The highest BCUT2D eigenvalue weighted by Gasteiger charge is 2.32. The number of alkyl halides is 3. The third kappa shape index (κ3) is 3.67. The van der Waals surface area contributed by atoms with Crippen LogP contribution in [-0.4, -0.2) is 11.5 Å². The molecule has 3 nitrogen and oxygen atoms in total. The molecule has 0 radical (unpaired) electrons. The molecule has 17 heavy (non-hydrogen) atoms. The van der Waals surface area contributed by atoms with E-state index in [4.69, 9.17) is 5.73 Å². The molecule has 0 aliphatic rings. The van der Waals surface area contributed by atoms with Gasteiger partial charge in [0, 0.05) is 11.6 Å². The number of hydrogen-bond donors (Lipinski definition) is 2. The van der Waals surface area contributed by atoms with Gasteiger partial charge in [-0.15, -0.1) is 19.8 Å². The summed E-state index contributed by atoms with van der Waals surface area (Å²) in [6, 6.07) is 3.17. The first kappa shape index (κ1) is 13.4. The topological polar surface area (TPSA) is 55.5 Å². The Hall–Kier alpha value is -1.69. The standard InChI is InChI=1S/C11H12F3NO2/c1-2-4-8(15)7-5-3-6-9(10(7)16)17-11(12,13)14/h2-3,5-6,8,16H,1,4,15H2/t8-/m0/s1. The first-order chi connectivity index (χ1) is 7.85. The van der Waals surface area contributed by atoms with Crippen molar-refractivity contribution in [2.75, 3.05) is 0 Å². The number of hydrogen-bond acceptors (Lipinski definition) is 3. The second-order valence-corrected chi connectivity index (χ2v) is 3.37. The van der Waals surface area contributed by atoms with E-state index in [0.29, 0.717) is 6.42 Å². The Kier molecular flexibility index (Phi) is 4.01. The fourth-order valence-corrected chi connectivity index (χ4v) is 1.35. The zero-order valence-corrected chi connectivity index (χ0v) is 8.87. The predicted molar refractivity (Wildman–Crippen MR) is 56.5 cm³/mol. The lowest BCUT2D eigenvalue weighted by molar-refractivity contribution is -0.275. The van der Waals surface area contributed by atoms with Crippen LogP contribution < -0.4 is 10.5 Å². The van der Waals surface area contributed by atoms with E-state index in [-0.39, 0.29) is 5.56 Å². The normalized spacial score (nSPS) is 13.2. The Balaban J connectivity index is 3.02. The molecule has 1 atom stereocenters. The number of ether oxygens (including phenoxy) is 1. The van der Waals surface area contributed by atoms with Crippen molar-refractivity contribution in [3.8, 4) is 11.5 Å². The molecule has 1 aromatic rings. The highest BCUT2D eigenvalue weighted by molar-refractivity contribution is 5.47. The van der Waals surface area contributed by atoms with E-state index in [1.165, 1.54) is 18.2 Å². The number of aromatic hydroxyl groups is 1. The minimum Gasteiger partial charge on any atom is -0.504 e. The lowest BCUT2D eigenvalue weighted by Crippen LogP contribution is -2.18. The van der Waals surface area contributed by atoms with Crippen LogP contribution in [0.25, 0.3) is 0 Å². The summed E-state index contributed by atoms with van der Waals surface area (Å²) in [6.45, 7) is 3.46. The van der Waals surface area contributed by atoms with Crippen molar-refractivity contribution in [2.45, 2.75) is 18.8 Å². The van der Waals surface area contributed by atoms with Gasteiger partial charge in [0.05, 0.1) is 0 Å². The van der Waals surface area contributed by atoms with E-state index in [1.54, 1.807) is 0 Å². The van der Waals surface area contributed by atoms with Crippen molar-refractivity contribution in [2.24, 2.45) is 5.73 Å². The Morgan fingerprint density at radius 1 is 1.47 bits per heavy atom. The molecule has 0 amide bonds. The minimum atomic E-state index is -4.85. The molecular weight excluding hydrogens is 235 g/mol. The Morgan fingerprint density at radius 3 is 2.65 bits per heavy atom. The average molecular weight is 247 g/mol. The highest BCUT2D eigenvalue weighted by atomic mass is 19.4. The number of para-hydroxylation sites is 1. The summed E-state index contributed by atoms with van der Waals surface area (Å²) in [5, 5.41) is 9.61. The van der Waals surface area contributed by atoms with E-state index in [0.717, 1.165) is 6.07 Å². The summed E-state index contributed by atoms with van der Waals surface area (Å²) in [6.07, 6.45) is -3.00. The van der Waals surface area contributed by atoms with Gasteiger partial charge in [-0.2, -0.15) is 0 Å². The van der Waals surface area contributed by atoms with Crippen molar-refractivity contribution in [1.29, 1.82) is 0 Å². The molecule has 0 saturated carbocycles. The van der Waals surface area contributed by atoms with E-state index < -0.39 is 23.9 Å². The van der Waals surface area contributed by atoms with Crippen molar-refractivity contribution in [3.05, 3.63) is 36.4 Å². The molecular formula is C11H12F3NO2. The minimum absolute atomic E-state index is 0.187. The zero-order valence-electron chi connectivity index (χ0n) is 8.87. The van der Waals surface area contributed by atoms with Crippen molar-refractivity contribution in [3.63, 3.8) is 0 Å². The first-order valence-electron chi connectivity index (χ1n) is 4.79. The molecule has 6 heteroatoms. The van der Waals surface area contributed by atoms with Crippen LogP contribution in [0.2, 0.25) is 0 Å². The van der Waals surface area contributed by atoms with Crippen LogP contribution in [-0.2, 0) is 0 Å². The molecule has 0 spiro atoms. The molecule has 0 saturated heterocycles. The number of phenols is 1. The lowest BCUT2D eigenvalue weighted by atomic mass is 10.0. The number of rotatable bonds is 4. The molecule has 94 valence electrons. The van der Waals surface area contributed by atoms with Gasteiger partial charge in [0.15, 0.2) is 11.5 Å². The van der Waals surface area contributed by atoms with Gasteiger partial charge in [-0.3, -0.25) is 0 Å². The molecule has 0 aliphatic carbocycles. The second-order valence-electron chi connectivity index (χ2n) is 3.37. The highest BCUT2D eigenvalue weighted by Crippen LogP contribution is 2.36. The van der Waals surface area contributed by atoms with Crippen LogP contribution in [0, 0.1) is 0 Å². The van der Waals surface area contributed by atoms with Gasteiger partial charge in [0.2, 0.25) is 0 Å². The van der Waals surface area contributed by atoms with Crippen molar-refractivity contribution in [1.82, 2.24) is 0 Å². The molecule has 0 heterocycles. The predicted octanol–water partition coefficient (Wildman–Crippen LogP) is 2.87. The number of benzene rings is 1. The van der Waals surface area contributed by atoms with Crippen LogP contribution >= 0.6 is 0 Å². The summed E-state index contributed by atoms with van der Waals surface area (Å²) < 4.78 is 39.7. The smallest absolute Gasteiger partial charge is 0.504 e. The third-order valence-electron chi connectivity index (χ3n) is 2.08. The van der Waals surface area contributed by atoms with Gasteiger partial charge < -0.3 is 15.6 Å². The van der Waals surface area contributed by atoms with Gasteiger partial charge in [0.25, 0.3) is 0 Å². The molecule has 0 unspecified atom stereocenters. The van der Waals surface area contributed by atoms with Crippen LogP contribution in [0.1, 0.15) is 18.0 Å². The first-order valence-corrected chi connectivity index (χ1v) is 4.79. The van der Waals surface area contributed by atoms with E-state index in [1.807, 2.05) is 0 Å². The van der Waals surface area contributed by atoms with Gasteiger partial charge in [-0.25, -0.2) is 0 Å². The molecule has 1 rings (SSSR count). The number of phenolic OH excluding ortho intramolecular Hbond substituents is 1. The molecule has 0 aromatic heterocycles. The fourth-order valence-electron chi connectivity index (χ4n) is 1.35. The maximum atomic E-state index is 12.0. The summed E-state index contributed by atoms with van der Waals surface area (Å²) in [4.78, 5) is 0. The Labute approximate surface area is 96.3 Å². The summed E-state index contributed by atoms with van der Waals surface area (Å²) >= 11 is 0. The van der Waals surface area contributed by atoms with Gasteiger partial charge in [0.1, 0.15) is 0 Å². The van der Waals surface area contributed by atoms with E-state index in [2.05, 4.69) is 11.3 Å². The summed E-state index contributed by atoms with van der Waals surface area (Å²) in [5.74, 6) is -1.26. The third-order valence-corrected chi connectivity index (χ3v) is 2.08. The average Bonchev–Trinajstić information content (AvgIpc) is 2.19. The molecule has 0 aliphatic heterocycles. The van der Waals surface area contributed by atoms with Crippen LogP contribution in [0.3, 0.4) is 0 Å². The van der Waals surface area contributed by atoms with Crippen molar-refractivity contribution >= 4 is 0 Å². The largest absolute Gasteiger partial charge is 0.573 e. The maximum Gasteiger partial charge on any atom is 0.573 e. The Morgan fingerprint density at radius 2 is 2.12 bits per heavy atom. The summed E-state index contributed by atoms with van der Waals surface area (Å²) in [5.41, 5.74) is 5.86. The van der Waals surface area contributed by atoms with Gasteiger partial charge in [-0.1, -0.05) is 18.2 Å². The molecule has 1 aromatic carbocycles. The number of nitrogens with two attached hydrogens (primary N) is 1. The maximum absolute atomic E-state index is 12.0. The van der Waals surface area contributed by atoms with Crippen LogP contribution in [0.5, 0.6) is 11.5 Å². The number of halogens is 3. The SMILES string of the molecule is C=CC[C@H](N)c1cccc(OC(F)(F)F)c1O. The van der Waals surface area contributed by atoms with E-state index >= 15 is 0 Å². The van der Waals surface area contributed by atoms with E-state index in [9.17, 15) is 18.3 Å². The van der Waals surface area contributed by atoms with Crippen molar-refractivity contribution < 1.29 is 23.0 Å². The van der Waals surface area contributed by atoms with Gasteiger partial charge >= 0.3 is 6.36 Å². The monoisotopic (exact) mass is 247 g/mol. The lowest BCUT2D eigenvalue weighted by Gasteiger charge is -2.15. The second kappa shape index (κ2) is 5.09. The molecule has 3 N–H and O–H groups in total. The molecule has 0 bridgehead atoms. The molecule has 0 fully saturated rings. The van der Waals surface area contributed by atoms with Crippen LogP contribution in [0.15, 0.2) is 30.9 Å². The zero-order chi connectivity index (χ0) is 13.1. The quantitative estimate of drug-likeness (QED) is 0.804. The Bertz CT molecular complexity index is 404. The van der Waals surface area contributed by atoms with Gasteiger partial charge in [-0.05, 0) is 12.5 Å². The fraction of sp³-hybridized carbons (Fsp3) is 0.273. The summed E-state index contributed by atoms with van der Waals surface area (Å²) in [7, 11) is 0. The van der Waals surface area contributed by atoms with Crippen LogP contribution in [0.4, 0.5) is 13.2 Å².